The van der Waals surface area contributed by atoms with Gasteiger partial charge in [0.25, 0.3) is 6.29 Å². The number of rotatable bonds is 1. The number of phenols is 1. The van der Waals surface area contributed by atoms with Crippen molar-refractivity contribution in [2.75, 3.05) is 0 Å². The molecule has 1 saturated heterocycles. The smallest absolute Gasteiger partial charge is 0.507 e. The highest BCUT2D eigenvalue weighted by Crippen LogP contribution is 2.33. The fraction of sp³-hybridized carbons (Fsp3) is 0.125. The normalized spacial score (nSPS) is 16.2. The third-order valence-electron chi connectivity index (χ3n) is 1.60. The molecule has 1 aromatic carbocycles. The Morgan fingerprint density at radius 1 is 1.25 bits per heavy atom. The second-order valence-corrected chi connectivity index (χ2v) is 2.38. The number of hydrogen-bond donors (Lipinski definition) is 1. The van der Waals surface area contributed by atoms with Crippen LogP contribution in [0.2, 0.25) is 0 Å². The van der Waals surface area contributed by atoms with E-state index in [1.165, 1.54) is 6.07 Å². The third-order valence-corrected chi connectivity index (χ3v) is 1.60. The Morgan fingerprint density at radius 3 is 2.50 bits per heavy atom. The minimum atomic E-state index is -0.737. The van der Waals surface area contributed by atoms with E-state index in [-0.39, 0.29) is 5.75 Å². The van der Waals surface area contributed by atoms with Crippen LogP contribution >= 0.6 is 0 Å². The predicted octanol–water partition coefficient (Wildman–Crippen LogP) is 1.56. The molecule has 4 heteroatoms. The van der Waals surface area contributed by atoms with E-state index in [0.29, 0.717) is 5.56 Å². The lowest BCUT2D eigenvalue weighted by molar-refractivity contribution is -0.187. The Hall–Kier alpha value is -1.71. The molecule has 4 nitrogen and oxygen atoms in total. The SMILES string of the molecule is O=C1OC(c2ccccc2O)O1. The monoisotopic (exact) mass is 166 g/mol. The maximum atomic E-state index is 10.3. The highest BCUT2D eigenvalue weighted by Gasteiger charge is 2.33. The van der Waals surface area contributed by atoms with Crippen LogP contribution in [0.5, 0.6) is 5.75 Å². The minimum Gasteiger partial charge on any atom is -0.507 e. The quantitative estimate of drug-likeness (QED) is 0.643. The number of benzene rings is 1. The average Bonchev–Trinajstić information content (AvgIpc) is 2.01. The summed E-state index contributed by atoms with van der Waals surface area (Å²) >= 11 is 0. The summed E-state index contributed by atoms with van der Waals surface area (Å²) in [7, 11) is 0. The first-order valence-electron chi connectivity index (χ1n) is 3.42. The van der Waals surface area contributed by atoms with Crippen LogP contribution in [-0.2, 0) is 9.47 Å². The van der Waals surface area contributed by atoms with Crippen molar-refractivity contribution in [2.45, 2.75) is 6.29 Å². The van der Waals surface area contributed by atoms with Crippen LogP contribution in [0.15, 0.2) is 24.3 Å². The molecule has 0 spiro atoms. The summed E-state index contributed by atoms with van der Waals surface area (Å²) in [4.78, 5) is 10.3. The van der Waals surface area contributed by atoms with Crippen molar-refractivity contribution < 1.29 is 19.4 Å². The van der Waals surface area contributed by atoms with Gasteiger partial charge in [0.15, 0.2) is 0 Å². The largest absolute Gasteiger partial charge is 0.515 e. The second-order valence-electron chi connectivity index (χ2n) is 2.38. The Kier molecular flexibility index (Phi) is 1.40. The summed E-state index contributed by atoms with van der Waals surface area (Å²) in [6, 6.07) is 6.54. The van der Waals surface area contributed by atoms with Gasteiger partial charge in [-0.25, -0.2) is 4.79 Å². The standard InChI is InChI=1S/C8H6O4/c9-6-4-2-1-3-5(6)7-11-8(10)12-7/h1-4,7,9H. The van der Waals surface area contributed by atoms with Crippen LogP contribution in [-0.4, -0.2) is 11.3 Å². The van der Waals surface area contributed by atoms with Crippen molar-refractivity contribution in [3.63, 3.8) is 0 Å². The van der Waals surface area contributed by atoms with E-state index in [2.05, 4.69) is 9.47 Å². The first kappa shape index (κ1) is 6.97. The molecule has 62 valence electrons. The lowest BCUT2D eigenvalue weighted by atomic mass is 10.2. The molecule has 0 amide bonds. The van der Waals surface area contributed by atoms with Crippen molar-refractivity contribution in [1.82, 2.24) is 0 Å². The molecule has 2 rings (SSSR count). The lowest BCUT2D eigenvalue weighted by Crippen LogP contribution is -2.27. The highest BCUT2D eigenvalue weighted by molar-refractivity contribution is 5.65. The molecule has 1 aliphatic rings. The number of para-hydroxylation sites is 1. The van der Waals surface area contributed by atoms with E-state index in [1.54, 1.807) is 18.2 Å². The molecule has 0 aliphatic carbocycles. The first-order chi connectivity index (χ1) is 5.77. The van der Waals surface area contributed by atoms with Gasteiger partial charge in [0, 0.05) is 0 Å². The maximum absolute atomic E-state index is 10.3. The molecule has 1 heterocycles. The summed E-state index contributed by atoms with van der Waals surface area (Å²) in [6.45, 7) is 0. The van der Waals surface area contributed by atoms with E-state index < -0.39 is 12.4 Å². The molecule has 0 unspecified atom stereocenters. The molecule has 0 radical (unpaired) electrons. The number of phenolic OH excluding ortho intramolecular Hbond substituents is 1. The van der Waals surface area contributed by atoms with E-state index >= 15 is 0 Å². The van der Waals surface area contributed by atoms with Crippen molar-refractivity contribution in [2.24, 2.45) is 0 Å². The lowest BCUT2D eigenvalue weighted by Gasteiger charge is -2.25. The minimum absolute atomic E-state index is 0.0648. The van der Waals surface area contributed by atoms with Crippen LogP contribution in [0.3, 0.4) is 0 Å². The van der Waals surface area contributed by atoms with Crippen LogP contribution in [0.25, 0.3) is 0 Å². The molecular weight excluding hydrogens is 160 g/mol. The molecule has 0 bridgehead atoms. The van der Waals surface area contributed by atoms with Crippen LogP contribution in [0.4, 0.5) is 4.79 Å². The summed E-state index contributed by atoms with van der Waals surface area (Å²) in [5.41, 5.74) is 0.470. The summed E-state index contributed by atoms with van der Waals surface area (Å²) < 4.78 is 9.17. The molecule has 0 atom stereocenters. The van der Waals surface area contributed by atoms with Crippen molar-refractivity contribution in [3.05, 3.63) is 29.8 Å². The Labute approximate surface area is 68.3 Å². The Balaban J connectivity index is 2.23. The molecule has 1 aliphatic heterocycles. The Morgan fingerprint density at radius 2 is 1.92 bits per heavy atom. The molecule has 1 fully saturated rings. The van der Waals surface area contributed by atoms with Crippen molar-refractivity contribution >= 4 is 6.16 Å². The molecular formula is C8H6O4. The number of aromatic hydroxyl groups is 1. The van der Waals surface area contributed by atoms with Crippen molar-refractivity contribution in [1.29, 1.82) is 0 Å². The first-order valence-corrected chi connectivity index (χ1v) is 3.42. The van der Waals surface area contributed by atoms with E-state index in [4.69, 9.17) is 0 Å². The van der Waals surface area contributed by atoms with Gasteiger partial charge < -0.3 is 14.6 Å². The number of ether oxygens (including phenoxy) is 2. The second kappa shape index (κ2) is 2.41. The number of hydrogen-bond acceptors (Lipinski definition) is 4. The van der Waals surface area contributed by atoms with Crippen LogP contribution in [0, 0.1) is 0 Å². The molecule has 12 heavy (non-hydrogen) atoms. The van der Waals surface area contributed by atoms with E-state index in [0.717, 1.165) is 0 Å². The number of carbonyl (C=O) groups excluding carboxylic acids is 1. The van der Waals surface area contributed by atoms with Crippen LogP contribution < -0.4 is 0 Å². The van der Waals surface area contributed by atoms with E-state index in [1.807, 2.05) is 0 Å². The zero-order valence-electron chi connectivity index (χ0n) is 6.06. The van der Waals surface area contributed by atoms with Crippen LogP contribution in [0.1, 0.15) is 11.9 Å². The maximum Gasteiger partial charge on any atom is 0.515 e. The zero-order valence-corrected chi connectivity index (χ0v) is 6.06. The summed E-state index contributed by atoms with van der Waals surface area (Å²) in [5.74, 6) is 0.0648. The molecule has 1 aromatic rings. The average molecular weight is 166 g/mol. The van der Waals surface area contributed by atoms with Gasteiger partial charge >= 0.3 is 6.16 Å². The predicted molar refractivity (Wildman–Crippen MR) is 38.4 cm³/mol. The van der Waals surface area contributed by atoms with Crippen molar-refractivity contribution in [3.8, 4) is 5.75 Å². The third kappa shape index (κ3) is 0.972. The highest BCUT2D eigenvalue weighted by atomic mass is 16.9. The van der Waals surface area contributed by atoms with Gasteiger partial charge in [-0.2, -0.15) is 0 Å². The van der Waals surface area contributed by atoms with Gasteiger partial charge in [0.05, 0.1) is 5.56 Å². The number of carbonyl (C=O) groups is 1. The van der Waals surface area contributed by atoms with Gasteiger partial charge in [0.2, 0.25) is 0 Å². The van der Waals surface area contributed by atoms with E-state index in [9.17, 15) is 9.90 Å². The topological polar surface area (TPSA) is 55.8 Å². The number of cyclic esters (lactones) is 2. The zero-order chi connectivity index (χ0) is 8.55. The fourth-order valence-corrected chi connectivity index (χ4v) is 0.997. The van der Waals surface area contributed by atoms with Gasteiger partial charge in [0.1, 0.15) is 5.75 Å². The molecule has 1 N–H and O–H groups in total. The fourth-order valence-electron chi connectivity index (χ4n) is 0.997. The molecule has 0 aromatic heterocycles. The summed E-state index contributed by atoms with van der Waals surface area (Å²) in [5, 5.41) is 9.26. The van der Waals surface area contributed by atoms with Gasteiger partial charge in [-0.15, -0.1) is 0 Å². The van der Waals surface area contributed by atoms with Gasteiger partial charge in [-0.3, -0.25) is 0 Å². The van der Waals surface area contributed by atoms with Gasteiger partial charge in [-0.05, 0) is 12.1 Å². The Bertz CT molecular complexity index is 313. The molecule has 0 saturated carbocycles. The summed E-state index contributed by atoms with van der Waals surface area (Å²) in [6.07, 6.45) is -1.44. The van der Waals surface area contributed by atoms with Gasteiger partial charge in [-0.1, -0.05) is 12.1 Å².